The van der Waals surface area contributed by atoms with Gasteiger partial charge in [-0.25, -0.2) is 4.98 Å². The number of methoxy groups -OCH3 is 1. The van der Waals surface area contributed by atoms with Gasteiger partial charge < -0.3 is 10.1 Å². The molecule has 1 aromatic carbocycles. The maximum absolute atomic E-state index is 12.9. The average molecular weight is 475 g/mol. The van der Waals surface area contributed by atoms with E-state index in [-0.39, 0.29) is 23.2 Å². The lowest BCUT2D eigenvalue weighted by Crippen LogP contribution is -2.17. The van der Waals surface area contributed by atoms with Crippen molar-refractivity contribution < 1.29 is 9.53 Å². The van der Waals surface area contributed by atoms with E-state index in [1.807, 2.05) is 24.4 Å². The van der Waals surface area contributed by atoms with Gasteiger partial charge in [-0.1, -0.05) is 23.7 Å². The normalized spacial score (nSPS) is 10.6. The molecule has 0 aliphatic carbocycles. The van der Waals surface area contributed by atoms with Crippen molar-refractivity contribution in [3.05, 3.63) is 74.2 Å². The third kappa shape index (κ3) is 4.82. The number of pyridine rings is 1. The minimum atomic E-state index is -0.318. The van der Waals surface area contributed by atoms with Gasteiger partial charge in [-0.15, -0.1) is 0 Å². The van der Waals surface area contributed by atoms with Crippen LogP contribution in [-0.2, 0) is 17.9 Å². The monoisotopic (exact) mass is 473 g/mol. The summed E-state index contributed by atoms with van der Waals surface area (Å²) >= 11 is 9.45. The summed E-state index contributed by atoms with van der Waals surface area (Å²) < 4.78 is 7.85. The Labute approximate surface area is 181 Å². The molecular formula is C20H17BrClN5O2. The van der Waals surface area contributed by atoms with Crippen LogP contribution >= 0.6 is 27.5 Å². The van der Waals surface area contributed by atoms with E-state index in [2.05, 4.69) is 31.3 Å². The fraction of sp³-hybridized carbons (Fsp3) is 0.200. The molecule has 3 aromatic rings. The number of ether oxygens (including phenoxy) is 1. The number of anilines is 1. The molecule has 0 bridgehead atoms. The topological polar surface area (TPSA) is 92.8 Å². The number of nitrogens with zero attached hydrogens (tertiary/aromatic N) is 4. The van der Waals surface area contributed by atoms with Crippen LogP contribution in [0.1, 0.15) is 32.7 Å². The van der Waals surface area contributed by atoms with Crippen LogP contribution in [0.25, 0.3) is 0 Å². The predicted molar refractivity (Wildman–Crippen MR) is 113 cm³/mol. The van der Waals surface area contributed by atoms with Crippen molar-refractivity contribution in [3.63, 3.8) is 0 Å². The zero-order chi connectivity index (χ0) is 21.0. The predicted octanol–water partition coefficient (Wildman–Crippen LogP) is 4.32. The van der Waals surface area contributed by atoms with E-state index in [4.69, 9.17) is 16.3 Å². The van der Waals surface area contributed by atoms with Gasteiger partial charge in [-0.3, -0.25) is 9.48 Å². The summed E-state index contributed by atoms with van der Waals surface area (Å²) in [5.74, 6) is -0.318. The molecule has 7 nitrogen and oxygen atoms in total. The highest BCUT2D eigenvalue weighted by Crippen LogP contribution is 2.29. The van der Waals surface area contributed by atoms with Gasteiger partial charge in [0.05, 0.1) is 40.8 Å². The minimum absolute atomic E-state index is 0.0856. The third-order valence-corrected chi connectivity index (χ3v) is 4.90. The minimum Gasteiger partial charge on any atom is -0.380 e. The van der Waals surface area contributed by atoms with Gasteiger partial charge in [0.2, 0.25) is 0 Å². The number of carbonyl (C=O) groups excluding carboxylic acids is 1. The number of nitrogens with one attached hydrogen (secondary N) is 1. The highest BCUT2D eigenvalue weighted by Gasteiger charge is 2.19. The molecule has 0 radical (unpaired) electrons. The van der Waals surface area contributed by atoms with E-state index in [0.29, 0.717) is 29.1 Å². The second-order valence-corrected chi connectivity index (χ2v) is 7.55. The average Bonchev–Trinajstić information content (AvgIpc) is 3.09. The molecule has 29 heavy (non-hydrogen) atoms. The van der Waals surface area contributed by atoms with E-state index in [0.717, 1.165) is 10.0 Å². The molecular weight excluding hydrogens is 458 g/mol. The Morgan fingerprint density at radius 2 is 2.24 bits per heavy atom. The van der Waals surface area contributed by atoms with Crippen molar-refractivity contribution in [3.8, 4) is 6.07 Å². The molecule has 3 rings (SSSR count). The molecule has 2 heterocycles. The highest BCUT2D eigenvalue weighted by molar-refractivity contribution is 9.10. The lowest BCUT2D eigenvalue weighted by atomic mass is 10.1. The van der Waals surface area contributed by atoms with Crippen LogP contribution in [0.2, 0.25) is 5.15 Å². The lowest BCUT2D eigenvalue weighted by molar-refractivity contribution is 0.102. The van der Waals surface area contributed by atoms with Crippen molar-refractivity contribution in [1.82, 2.24) is 14.8 Å². The highest BCUT2D eigenvalue weighted by atomic mass is 79.9. The molecule has 148 valence electrons. The molecule has 0 atom stereocenters. The second kappa shape index (κ2) is 9.18. The number of benzene rings is 1. The number of hydrogen-bond acceptors (Lipinski definition) is 5. The third-order valence-electron chi connectivity index (χ3n) is 4.21. The van der Waals surface area contributed by atoms with Crippen molar-refractivity contribution in [2.45, 2.75) is 20.1 Å². The number of aryl methyl sites for hydroxylation is 1. The van der Waals surface area contributed by atoms with Gasteiger partial charge in [0.1, 0.15) is 11.2 Å². The van der Waals surface area contributed by atoms with E-state index in [1.165, 1.54) is 7.11 Å². The molecule has 2 aromatic heterocycles. The quantitative estimate of drug-likeness (QED) is 0.537. The summed E-state index contributed by atoms with van der Waals surface area (Å²) in [4.78, 5) is 17.1. The Bertz CT molecular complexity index is 1110. The fourth-order valence-electron chi connectivity index (χ4n) is 2.90. The summed E-state index contributed by atoms with van der Waals surface area (Å²) in [6.45, 7) is 2.37. The Kier molecular flexibility index (Phi) is 6.64. The fourth-order valence-corrected chi connectivity index (χ4v) is 3.51. The van der Waals surface area contributed by atoms with Crippen LogP contribution in [0.3, 0.4) is 0 Å². The van der Waals surface area contributed by atoms with Gasteiger partial charge in [-0.2, -0.15) is 10.4 Å². The molecule has 0 saturated heterocycles. The van der Waals surface area contributed by atoms with E-state index in [9.17, 15) is 10.1 Å². The number of amides is 1. The van der Waals surface area contributed by atoms with Gasteiger partial charge in [0.25, 0.3) is 5.91 Å². The molecule has 0 aliphatic heterocycles. The molecule has 1 amide bonds. The zero-order valence-electron chi connectivity index (χ0n) is 15.7. The Hall–Kier alpha value is -2.73. The maximum atomic E-state index is 12.9. The summed E-state index contributed by atoms with van der Waals surface area (Å²) in [5, 5.41) is 16.6. The van der Waals surface area contributed by atoms with Crippen LogP contribution < -0.4 is 5.32 Å². The Balaban J connectivity index is 1.89. The molecule has 0 unspecified atom stereocenters. The number of aromatic nitrogens is 3. The SMILES string of the molecule is COCc1c(C#N)c(Cl)nc(C)c1NC(=O)c1cccc(Cn2cc(Br)cn2)c1. The standard InChI is InChI=1S/C20H17BrClN5O2/c1-12-18(17(11-29-2)16(7-23)19(22)25-12)26-20(28)14-5-3-4-13(6-14)9-27-10-15(21)8-24-27/h3-6,8,10H,9,11H2,1-2H3,(H,26,28). The molecule has 0 spiro atoms. The first-order valence-corrected chi connectivity index (χ1v) is 9.76. The van der Waals surface area contributed by atoms with Crippen molar-refractivity contribution >= 4 is 39.1 Å². The first-order valence-electron chi connectivity index (χ1n) is 8.59. The lowest BCUT2D eigenvalue weighted by Gasteiger charge is -2.15. The van der Waals surface area contributed by atoms with Crippen molar-refractivity contribution in [2.24, 2.45) is 0 Å². The zero-order valence-corrected chi connectivity index (χ0v) is 18.1. The number of halogens is 2. The van der Waals surface area contributed by atoms with E-state index >= 15 is 0 Å². The van der Waals surface area contributed by atoms with E-state index < -0.39 is 0 Å². The molecule has 0 aliphatic rings. The summed E-state index contributed by atoms with van der Waals surface area (Å²) in [6.07, 6.45) is 3.56. The van der Waals surface area contributed by atoms with E-state index in [1.54, 1.807) is 29.9 Å². The number of hydrogen-bond donors (Lipinski definition) is 1. The summed E-state index contributed by atoms with van der Waals surface area (Å²) in [6, 6.07) is 9.28. The van der Waals surface area contributed by atoms with Crippen LogP contribution in [0, 0.1) is 18.3 Å². The molecule has 0 fully saturated rings. The number of carbonyl (C=O) groups is 1. The number of rotatable bonds is 6. The smallest absolute Gasteiger partial charge is 0.255 e. The first-order chi connectivity index (χ1) is 13.9. The van der Waals surface area contributed by atoms with Crippen molar-refractivity contribution in [2.75, 3.05) is 12.4 Å². The largest absolute Gasteiger partial charge is 0.380 e. The Morgan fingerprint density at radius 1 is 1.45 bits per heavy atom. The van der Waals surface area contributed by atoms with Gasteiger partial charge in [-0.05, 0) is 40.5 Å². The van der Waals surface area contributed by atoms with Crippen LogP contribution in [-0.4, -0.2) is 27.8 Å². The maximum Gasteiger partial charge on any atom is 0.255 e. The summed E-state index contributed by atoms with van der Waals surface area (Å²) in [5.41, 5.74) is 3.02. The van der Waals surface area contributed by atoms with Crippen LogP contribution in [0.4, 0.5) is 5.69 Å². The van der Waals surface area contributed by atoms with Gasteiger partial charge in [0, 0.05) is 24.4 Å². The van der Waals surface area contributed by atoms with Gasteiger partial charge in [0.15, 0.2) is 0 Å². The summed E-state index contributed by atoms with van der Waals surface area (Å²) in [7, 11) is 1.51. The van der Waals surface area contributed by atoms with Crippen LogP contribution in [0.5, 0.6) is 0 Å². The second-order valence-electron chi connectivity index (χ2n) is 6.27. The van der Waals surface area contributed by atoms with Crippen molar-refractivity contribution in [1.29, 1.82) is 5.26 Å². The Morgan fingerprint density at radius 3 is 2.90 bits per heavy atom. The molecule has 1 N–H and O–H groups in total. The molecule has 9 heteroatoms. The number of nitriles is 1. The first kappa shape index (κ1) is 21.0. The molecule has 0 saturated carbocycles. The van der Waals surface area contributed by atoms with Crippen LogP contribution in [0.15, 0.2) is 41.1 Å². The van der Waals surface area contributed by atoms with Gasteiger partial charge >= 0.3 is 0 Å².